The molecule has 3 rings (SSSR count). The Morgan fingerprint density at radius 2 is 1.72 bits per heavy atom. The van der Waals surface area contributed by atoms with Crippen LogP contribution in [0.15, 0.2) is 42.6 Å². The van der Waals surface area contributed by atoms with E-state index >= 15 is 0 Å². The lowest BCUT2D eigenvalue weighted by molar-refractivity contribution is 0.368. The van der Waals surface area contributed by atoms with E-state index in [1.165, 1.54) is 10.9 Å². The fraction of sp³-hybridized carbons (Fsp3) is 0.300. The number of hydrogen-bond donors (Lipinski definition) is 2. The number of nitrogens with one attached hydrogen (secondary N) is 2. The van der Waals surface area contributed by atoms with Crippen molar-refractivity contribution in [1.29, 1.82) is 0 Å². The number of aromatic amines is 1. The van der Waals surface area contributed by atoms with Crippen molar-refractivity contribution in [3.05, 3.63) is 53.7 Å². The molecule has 1 aromatic heterocycles. The summed E-state index contributed by atoms with van der Waals surface area (Å²) in [6.07, 6.45) is 2.78. The highest BCUT2D eigenvalue weighted by Crippen LogP contribution is 2.34. The average Bonchev–Trinajstić information content (AvgIpc) is 3.14. The fourth-order valence-electron chi connectivity index (χ4n) is 3.07. The van der Waals surface area contributed by atoms with Crippen molar-refractivity contribution in [3.63, 3.8) is 0 Å². The van der Waals surface area contributed by atoms with E-state index in [0.717, 1.165) is 47.8 Å². The molecular weight excluding hydrogens is 316 g/mol. The molecule has 3 aromatic rings. The summed E-state index contributed by atoms with van der Waals surface area (Å²) in [6, 6.07) is 12.2. The Labute approximate surface area is 147 Å². The van der Waals surface area contributed by atoms with E-state index in [1.54, 1.807) is 21.3 Å². The van der Waals surface area contributed by atoms with Crippen molar-refractivity contribution in [2.45, 2.75) is 13.0 Å². The summed E-state index contributed by atoms with van der Waals surface area (Å²) in [5.41, 5.74) is 3.49. The van der Waals surface area contributed by atoms with E-state index in [4.69, 9.17) is 14.2 Å². The first-order valence-electron chi connectivity index (χ1n) is 8.31. The van der Waals surface area contributed by atoms with Crippen molar-refractivity contribution in [2.75, 3.05) is 27.9 Å². The first-order valence-corrected chi connectivity index (χ1v) is 8.31. The minimum Gasteiger partial charge on any atom is -0.496 e. The summed E-state index contributed by atoms with van der Waals surface area (Å²) >= 11 is 0. The second-order valence-corrected chi connectivity index (χ2v) is 5.79. The minimum absolute atomic E-state index is 0.726. The molecule has 0 aliphatic rings. The lowest BCUT2D eigenvalue weighted by atomic mass is 10.1. The van der Waals surface area contributed by atoms with Crippen molar-refractivity contribution < 1.29 is 14.2 Å². The smallest absolute Gasteiger partial charge is 0.129 e. The van der Waals surface area contributed by atoms with Gasteiger partial charge in [-0.25, -0.2) is 0 Å². The number of aromatic nitrogens is 1. The van der Waals surface area contributed by atoms with E-state index in [0.29, 0.717) is 0 Å². The Bertz CT molecular complexity index is 817. The molecule has 0 radical (unpaired) electrons. The molecule has 0 atom stereocenters. The van der Waals surface area contributed by atoms with Crippen molar-refractivity contribution >= 4 is 10.9 Å². The molecule has 5 nitrogen and oxygen atoms in total. The topological polar surface area (TPSA) is 55.5 Å². The molecule has 5 heteroatoms. The van der Waals surface area contributed by atoms with E-state index in [2.05, 4.69) is 34.6 Å². The third-order valence-corrected chi connectivity index (χ3v) is 4.37. The Hall–Kier alpha value is -2.66. The van der Waals surface area contributed by atoms with Crippen LogP contribution in [-0.2, 0) is 13.0 Å². The Morgan fingerprint density at radius 3 is 2.40 bits per heavy atom. The van der Waals surface area contributed by atoms with E-state index in [-0.39, 0.29) is 0 Å². The lowest BCUT2D eigenvalue weighted by Crippen LogP contribution is -2.17. The van der Waals surface area contributed by atoms with Crippen molar-refractivity contribution in [2.24, 2.45) is 0 Å². The maximum Gasteiger partial charge on any atom is 0.129 e. The molecule has 0 spiro atoms. The maximum atomic E-state index is 5.50. The van der Waals surface area contributed by atoms with Gasteiger partial charge in [0.25, 0.3) is 0 Å². The van der Waals surface area contributed by atoms with E-state index < -0.39 is 0 Å². The molecule has 0 saturated carbocycles. The van der Waals surface area contributed by atoms with Gasteiger partial charge in [-0.1, -0.05) is 12.1 Å². The second-order valence-electron chi connectivity index (χ2n) is 5.79. The molecule has 25 heavy (non-hydrogen) atoms. The monoisotopic (exact) mass is 340 g/mol. The van der Waals surface area contributed by atoms with E-state index in [9.17, 15) is 0 Å². The molecule has 2 aromatic carbocycles. The molecule has 0 aliphatic heterocycles. The molecule has 132 valence electrons. The third-order valence-electron chi connectivity index (χ3n) is 4.37. The van der Waals surface area contributed by atoms with Gasteiger partial charge in [0.15, 0.2) is 0 Å². The van der Waals surface area contributed by atoms with Crippen LogP contribution in [0.3, 0.4) is 0 Å². The van der Waals surface area contributed by atoms with Gasteiger partial charge in [-0.3, -0.25) is 0 Å². The van der Waals surface area contributed by atoms with Gasteiger partial charge in [0.2, 0.25) is 0 Å². The SMILES string of the molecule is COc1cc(OC)c(CCNCc2cccc3[nH]ccc23)c(OC)c1. The lowest BCUT2D eigenvalue weighted by Gasteiger charge is -2.15. The summed E-state index contributed by atoms with van der Waals surface area (Å²) in [5, 5.41) is 4.77. The first-order chi connectivity index (χ1) is 12.3. The minimum atomic E-state index is 0.726. The predicted molar refractivity (Wildman–Crippen MR) is 99.8 cm³/mol. The molecule has 0 aliphatic carbocycles. The highest BCUT2D eigenvalue weighted by Gasteiger charge is 2.13. The van der Waals surface area contributed by atoms with Gasteiger partial charge in [-0.2, -0.15) is 0 Å². The van der Waals surface area contributed by atoms with Gasteiger partial charge in [0, 0.05) is 41.3 Å². The van der Waals surface area contributed by atoms with Crippen LogP contribution in [0.2, 0.25) is 0 Å². The number of H-pyrrole nitrogens is 1. The van der Waals surface area contributed by atoms with Crippen LogP contribution >= 0.6 is 0 Å². The molecule has 0 fully saturated rings. The highest BCUT2D eigenvalue weighted by molar-refractivity contribution is 5.82. The number of fused-ring (bicyclic) bond motifs is 1. The molecule has 0 unspecified atom stereocenters. The van der Waals surface area contributed by atoms with Crippen LogP contribution in [0.1, 0.15) is 11.1 Å². The summed E-state index contributed by atoms with van der Waals surface area (Å²) in [5.74, 6) is 2.29. The molecular formula is C20H24N2O3. The number of hydrogen-bond acceptors (Lipinski definition) is 4. The molecule has 0 bridgehead atoms. The Kier molecular flexibility index (Phi) is 5.46. The standard InChI is InChI=1S/C20H24N2O3/c1-23-15-11-19(24-2)17(20(12-15)25-3)7-9-21-13-14-5-4-6-18-16(14)8-10-22-18/h4-6,8,10-12,21-22H,7,9,13H2,1-3H3. The molecule has 1 heterocycles. The van der Waals surface area contributed by atoms with Gasteiger partial charge in [-0.05, 0) is 30.7 Å². The van der Waals surface area contributed by atoms with Crippen LogP contribution < -0.4 is 19.5 Å². The number of benzene rings is 2. The normalized spacial score (nSPS) is 10.8. The van der Waals surface area contributed by atoms with Gasteiger partial charge in [-0.15, -0.1) is 0 Å². The van der Waals surface area contributed by atoms with Gasteiger partial charge >= 0.3 is 0 Å². The van der Waals surface area contributed by atoms with Crippen molar-refractivity contribution in [3.8, 4) is 17.2 Å². The quantitative estimate of drug-likeness (QED) is 0.616. The fourth-order valence-corrected chi connectivity index (χ4v) is 3.07. The summed E-state index contributed by atoms with van der Waals surface area (Å²) < 4.78 is 16.3. The van der Waals surface area contributed by atoms with E-state index in [1.807, 2.05) is 18.3 Å². The largest absolute Gasteiger partial charge is 0.496 e. The summed E-state index contributed by atoms with van der Waals surface area (Å²) in [7, 11) is 4.96. The Balaban J connectivity index is 1.66. The van der Waals surface area contributed by atoms with Gasteiger partial charge < -0.3 is 24.5 Å². The highest BCUT2D eigenvalue weighted by atomic mass is 16.5. The number of methoxy groups -OCH3 is 3. The molecule has 0 saturated heterocycles. The number of ether oxygens (including phenoxy) is 3. The van der Waals surface area contributed by atoms with Crippen LogP contribution in [0.4, 0.5) is 0 Å². The Morgan fingerprint density at radius 1 is 0.960 bits per heavy atom. The average molecular weight is 340 g/mol. The maximum absolute atomic E-state index is 5.50. The predicted octanol–water partition coefficient (Wildman–Crippen LogP) is 3.53. The van der Waals surface area contributed by atoms with Gasteiger partial charge in [0.05, 0.1) is 21.3 Å². The van der Waals surface area contributed by atoms with Gasteiger partial charge in [0.1, 0.15) is 17.2 Å². The third kappa shape index (κ3) is 3.72. The van der Waals surface area contributed by atoms with Crippen LogP contribution in [0.25, 0.3) is 10.9 Å². The molecule has 0 amide bonds. The van der Waals surface area contributed by atoms with Crippen molar-refractivity contribution in [1.82, 2.24) is 10.3 Å². The summed E-state index contributed by atoms with van der Waals surface area (Å²) in [4.78, 5) is 3.24. The molecule has 2 N–H and O–H groups in total. The number of rotatable bonds is 8. The summed E-state index contributed by atoms with van der Waals surface area (Å²) in [6.45, 7) is 1.63. The van der Waals surface area contributed by atoms with Crippen LogP contribution in [-0.4, -0.2) is 32.9 Å². The zero-order valence-corrected chi connectivity index (χ0v) is 14.9. The van der Waals surface area contributed by atoms with Crippen LogP contribution in [0, 0.1) is 0 Å². The van der Waals surface area contributed by atoms with Crippen LogP contribution in [0.5, 0.6) is 17.2 Å². The second kappa shape index (κ2) is 7.94. The zero-order valence-electron chi connectivity index (χ0n) is 14.9. The first kappa shape index (κ1) is 17.2. The zero-order chi connectivity index (χ0) is 17.6.